The molecule has 4 nitrogen and oxygen atoms in total. The number of hydrogen-bond acceptors (Lipinski definition) is 4. The molecule has 7 heteroatoms. The van der Waals surface area contributed by atoms with Gasteiger partial charge in [-0.1, -0.05) is 30.3 Å². The van der Waals surface area contributed by atoms with E-state index in [-0.39, 0.29) is 11.8 Å². The van der Waals surface area contributed by atoms with Gasteiger partial charge in [-0.2, -0.15) is 13.2 Å². The molecule has 0 saturated carbocycles. The van der Waals surface area contributed by atoms with E-state index in [2.05, 4.69) is 10.2 Å². The topological polar surface area (TPSA) is 56.0 Å². The molecule has 0 unspecified atom stereocenters. The second-order valence-electron chi connectivity index (χ2n) is 6.78. The van der Waals surface area contributed by atoms with Crippen LogP contribution in [0.3, 0.4) is 0 Å². The van der Waals surface area contributed by atoms with Crippen molar-refractivity contribution in [2.45, 2.75) is 31.9 Å². The zero-order valence-corrected chi connectivity index (χ0v) is 14.7. The molecule has 0 spiro atoms. The van der Waals surface area contributed by atoms with Gasteiger partial charge in [-0.3, -0.25) is 0 Å². The lowest BCUT2D eigenvalue weighted by Gasteiger charge is -2.10. The summed E-state index contributed by atoms with van der Waals surface area (Å²) in [6.45, 7) is 3.34. The molecule has 0 atom stereocenters. The van der Waals surface area contributed by atoms with Crippen LogP contribution in [0.1, 0.15) is 36.4 Å². The monoisotopic (exact) mass is 374 g/mol. The molecule has 0 fully saturated rings. The highest BCUT2D eigenvalue weighted by molar-refractivity contribution is 5.65. The first-order chi connectivity index (χ1) is 12.7. The largest absolute Gasteiger partial charge is 0.420 e. The van der Waals surface area contributed by atoms with Crippen LogP contribution in [0.4, 0.5) is 13.2 Å². The number of carbonyl (C=O) groups excluding carboxylic acids is 1. The molecule has 0 amide bonds. The zero-order chi connectivity index (χ0) is 19.7. The first-order valence-electron chi connectivity index (χ1n) is 8.25. The Hall–Kier alpha value is -2.96. The minimum Gasteiger partial charge on any atom is -0.420 e. The van der Waals surface area contributed by atoms with E-state index >= 15 is 0 Å². The number of hydrogen-bond donors (Lipinski definition) is 0. The number of benzene rings is 2. The maximum Gasteiger partial charge on any atom is 0.416 e. The second-order valence-corrected chi connectivity index (χ2v) is 6.78. The van der Waals surface area contributed by atoms with E-state index in [1.54, 1.807) is 26.0 Å². The summed E-state index contributed by atoms with van der Waals surface area (Å²) in [4.78, 5) is 11.2. The minimum absolute atomic E-state index is 0.205. The Morgan fingerprint density at radius 1 is 1.00 bits per heavy atom. The third kappa shape index (κ3) is 4.07. The zero-order valence-electron chi connectivity index (χ0n) is 14.7. The van der Waals surface area contributed by atoms with Crippen molar-refractivity contribution in [3.8, 4) is 11.5 Å². The lowest BCUT2D eigenvalue weighted by atomic mass is 9.96. The van der Waals surface area contributed by atoms with Crippen molar-refractivity contribution in [2.75, 3.05) is 0 Å². The first kappa shape index (κ1) is 18.8. The van der Waals surface area contributed by atoms with E-state index < -0.39 is 17.2 Å². The van der Waals surface area contributed by atoms with Crippen LogP contribution in [0.2, 0.25) is 0 Å². The van der Waals surface area contributed by atoms with Crippen LogP contribution in [-0.2, 0) is 22.8 Å². The molecule has 27 heavy (non-hydrogen) atoms. The molecule has 0 aliphatic rings. The molecule has 1 heterocycles. The Morgan fingerprint density at radius 3 is 2.30 bits per heavy atom. The van der Waals surface area contributed by atoms with Gasteiger partial charge < -0.3 is 9.21 Å². The number of nitrogens with zero attached hydrogens (tertiary/aromatic N) is 2. The van der Waals surface area contributed by atoms with Crippen LogP contribution in [-0.4, -0.2) is 16.5 Å². The predicted octanol–water partition coefficient (Wildman–Crippen LogP) is 4.82. The molecular formula is C20H17F3N2O2. The highest BCUT2D eigenvalue weighted by Gasteiger charge is 2.30. The van der Waals surface area contributed by atoms with Crippen LogP contribution >= 0.6 is 0 Å². The van der Waals surface area contributed by atoms with Crippen molar-refractivity contribution >= 4 is 6.29 Å². The maximum absolute atomic E-state index is 12.7. The van der Waals surface area contributed by atoms with Crippen LogP contribution in [0, 0.1) is 0 Å². The normalized spacial score (nSPS) is 12.2. The molecule has 140 valence electrons. The summed E-state index contributed by atoms with van der Waals surface area (Å²) in [5.41, 5.74) is 0.656. The molecule has 0 aliphatic heterocycles. The quantitative estimate of drug-likeness (QED) is 0.601. The van der Waals surface area contributed by atoms with E-state index in [1.165, 1.54) is 12.1 Å². The van der Waals surface area contributed by atoms with E-state index in [4.69, 9.17) is 4.42 Å². The summed E-state index contributed by atoms with van der Waals surface area (Å²) in [7, 11) is 0. The third-order valence-corrected chi connectivity index (χ3v) is 4.19. The third-order valence-electron chi connectivity index (χ3n) is 4.19. The average molecular weight is 374 g/mol. The molecule has 2 aromatic carbocycles. The van der Waals surface area contributed by atoms with Crippen molar-refractivity contribution < 1.29 is 22.4 Å². The molecule has 0 aliphatic carbocycles. The number of carbonyl (C=O) groups is 1. The van der Waals surface area contributed by atoms with Gasteiger partial charge in [0, 0.05) is 5.56 Å². The maximum atomic E-state index is 12.7. The molecule has 3 aromatic rings. The number of aldehydes is 1. The number of alkyl halides is 3. The van der Waals surface area contributed by atoms with Gasteiger partial charge in [0.2, 0.25) is 11.8 Å². The van der Waals surface area contributed by atoms with Gasteiger partial charge in [0.1, 0.15) is 6.29 Å². The van der Waals surface area contributed by atoms with Crippen molar-refractivity contribution in [1.29, 1.82) is 0 Å². The fourth-order valence-electron chi connectivity index (χ4n) is 2.56. The summed E-state index contributed by atoms with van der Waals surface area (Å²) >= 11 is 0. The van der Waals surface area contributed by atoms with Crippen LogP contribution in [0.15, 0.2) is 52.9 Å². The predicted molar refractivity (Wildman–Crippen MR) is 93.1 cm³/mol. The summed E-state index contributed by atoms with van der Waals surface area (Å²) in [6.07, 6.45) is -3.22. The number of aromatic nitrogens is 2. The molecule has 0 N–H and O–H groups in total. The van der Waals surface area contributed by atoms with Gasteiger partial charge in [0.15, 0.2) is 0 Å². The highest BCUT2D eigenvalue weighted by atomic mass is 19.4. The van der Waals surface area contributed by atoms with Gasteiger partial charge in [-0.15, -0.1) is 10.2 Å². The number of halogens is 3. The van der Waals surface area contributed by atoms with Gasteiger partial charge in [0.05, 0.1) is 11.0 Å². The SMILES string of the molecule is CC(C)(C=O)c1nnc(-c2ccccc2Cc2ccc(C(F)(F)F)cc2)o1. The van der Waals surface area contributed by atoms with Crippen molar-refractivity contribution in [3.63, 3.8) is 0 Å². The first-order valence-corrected chi connectivity index (χ1v) is 8.25. The fraction of sp³-hybridized carbons (Fsp3) is 0.250. The van der Waals surface area contributed by atoms with Gasteiger partial charge in [0.25, 0.3) is 0 Å². The summed E-state index contributed by atoms with van der Waals surface area (Å²) in [6, 6.07) is 12.3. The van der Waals surface area contributed by atoms with Gasteiger partial charge in [-0.25, -0.2) is 0 Å². The Kier molecular flexibility index (Phi) is 4.87. The lowest BCUT2D eigenvalue weighted by molar-refractivity contribution is -0.137. The van der Waals surface area contributed by atoms with E-state index in [0.717, 1.165) is 29.5 Å². The molecular weight excluding hydrogens is 357 g/mol. The Morgan fingerprint density at radius 2 is 1.67 bits per heavy atom. The molecule has 1 aromatic heterocycles. The second kappa shape index (κ2) is 6.98. The lowest BCUT2D eigenvalue weighted by Crippen LogP contribution is -2.19. The van der Waals surface area contributed by atoms with Gasteiger partial charge in [-0.05, 0) is 49.6 Å². The smallest absolute Gasteiger partial charge is 0.416 e. The molecule has 0 radical (unpaired) electrons. The highest BCUT2D eigenvalue weighted by Crippen LogP contribution is 2.31. The summed E-state index contributed by atoms with van der Waals surface area (Å²) < 4.78 is 43.8. The van der Waals surface area contributed by atoms with Gasteiger partial charge >= 0.3 is 6.18 Å². The van der Waals surface area contributed by atoms with E-state index in [9.17, 15) is 18.0 Å². The van der Waals surface area contributed by atoms with Crippen LogP contribution in [0.25, 0.3) is 11.5 Å². The summed E-state index contributed by atoms with van der Waals surface area (Å²) in [5, 5.41) is 7.97. The minimum atomic E-state index is -4.36. The fourth-order valence-corrected chi connectivity index (χ4v) is 2.56. The average Bonchev–Trinajstić information content (AvgIpc) is 3.13. The van der Waals surface area contributed by atoms with Crippen LogP contribution < -0.4 is 0 Å². The van der Waals surface area contributed by atoms with Crippen LogP contribution in [0.5, 0.6) is 0 Å². The van der Waals surface area contributed by atoms with Crippen molar-refractivity contribution in [3.05, 3.63) is 71.1 Å². The Bertz CT molecular complexity index is 944. The Balaban J connectivity index is 1.90. The standard InChI is InChI=1S/C20H17F3N2O2/c1-19(2,12-26)18-25-24-17(27-18)16-6-4-3-5-14(16)11-13-7-9-15(10-8-13)20(21,22)23/h3-10,12H,11H2,1-2H3. The van der Waals surface area contributed by atoms with E-state index in [1.807, 2.05) is 12.1 Å². The molecule has 0 bridgehead atoms. The number of rotatable bonds is 5. The van der Waals surface area contributed by atoms with E-state index in [0.29, 0.717) is 12.0 Å². The molecule has 3 rings (SSSR count). The summed E-state index contributed by atoms with van der Waals surface area (Å²) in [5.74, 6) is 0.472. The van der Waals surface area contributed by atoms with Crippen molar-refractivity contribution in [2.24, 2.45) is 0 Å². The van der Waals surface area contributed by atoms with Crippen molar-refractivity contribution in [1.82, 2.24) is 10.2 Å². The Labute approximate surface area is 154 Å². The molecule has 0 saturated heterocycles.